The fourth-order valence-corrected chi connectivity index (χ4v) is 1.63. The van der Waals surface area contributed by atoms with Crippen LogP contribution in [-0.4, -0.2) is 28.9 Å². The monoisotopic (exact) mass is 273 g/mol. The number of nitrogens with zero attached hydrogens (tertiary/aromatic N) is 2. The molecule has 0 radical (unpaired) electrons. The number of hydrogen-bond acceptors (Lipinski definition) is 5. The molecule has 0 saturated heterocycles. The predicted octanol–water partition coefficient (Wildman–Crippen LogP) is 1.04. The number of rotatable bonds is 4. The topological polar surface area (TPSA) is 73.2 Å². The summed E-state index contributed by atoms with van der Waals surface area (Å²) in [6.07, 6.45) is 1.40. The Labute approximate surface area is 110 Å². The second kappa shape index (κ2) is 5.86. The van der Waals surface area contributed by atoms with E-state index in [1.807, 2.05) is 13.8 Å². The molecule has 0 aliphatic carbocycles. The molecule has 6 nitrogen and oxygen atoms in total. The first-order chi connectivity index (χ1) is 8.38. The lowest BCUT2D eigenvalue weighted by Gasteiger charge is -2.21. The van der Waals surface area contributed by atoms with E-state index in [2.05, 4.69) is 10.4 Å². The van der Waals surface area contributed by atoms with E-state index in [4.69, 9.17) is 16.3 Å². The van der Waals surface area contributed by atoms with Crippen molar-refractivity contribution >= 4 is 23.3 Å². The predicted molar refractivity (Wildman–Crippen MR) is 68.8 cm³/mol. The molecule has 0 amide bonds. The Morgan fingerprint density at radius 3 is 2.67 bits per heavy atom. The molecule has 1 heterocycles. The fraction of sp³-hybridized carbons (Fsp3) is 0.545. The minimum absolute atomic E-state index is 0.00190. The first kappa shape index (κ1) is 14.5. The van der Waals surface area contributed by atoms with Crippen molar-refractivity contribution < 1.29 is 9.53 Å². The van der Waals surface area contributed by atoms with Crippen LogP contribution in [0.25, 0.3) is 0 Å². The molecule has 0 aliphatic heterocycles. The van der Waals surface area contributed by atoms with Crippen molar-refractivity contribution in [3.63, 3.8) is 0 Å². The lowest BCUT2D eigenvalue weighted by molar-refractivity contribution is -0.142. The summed E-state index contributed by atoms with van der Waals surface area (Å²) in [5.41, 5.74) is -0.0992. The molecule has 100 valence electrons. The number of hydrogen-bond donors (Lipinski definition) is 1. The van der Waals surface area contributed by atoms with Crippen molar-refractivity contribution in [2.75, 3.05) is 12.4 Å². The number of aryl methyl sites for hydroxylation is 1. The molecule has 0 fully saturated rings. The number of anilines is 1. The zero-order valence-electron chi connectivity index (χ0n) is 10.7. The van der Waals surface area contributed by atoms with Crippen LogP contribution in [0.4, 0.5) is 5.69 Å². The quantitative estimate of drug-likeness (QED) is 0.830. The molecule has 1 aromatic heterocycles. The number of ether oxygens (including phenoxy) is 1. The van der Waals surface area contributed by atoms with Gasteiger partial charge in [0.05, 0.1) is 19.0 Å². The highest BCUT2D eigenvalue weighted by atomic mass is 35.5. The van der Waals surface area contributed by atoms with Crippen molar-refractivity contribution in [2.24, 2.45) is 13.0 Å². The Hall–Kier alpha value is -1.56. The number of carbonyl (C=O) groups excluding carboxylic acids is 1. The van der Waals surface area contributed by atoms with Crippen LogP contribution in [-0.2, 0) is 16.6 Å². The van der Waals surface area contributed by atoms with Gasteiger partial charge in [-0.3, -0.25) is 4.79 Å². The van der Waals surface area contributed by atoms with Crippen LogP contribution in [0.2, 0.25) is 5.02 Å². The highest BCUT2D eigenvalue weighted by Crippen LogP contribution is 2.19. The largest absolute Gasteiger partial charge is 0.467 e. The summed E-state index contributed by atoms with van der Waals surface area (Å²) in [4.78, 5) is 23.2. The molecule has 0 aromatic carbocycles. The van der Waals surface area contributed by atoms with E-state index in [1.54, 1.807) is 0 Å². The number of aromatic nitrogens is 2. The third-order valence-electron chi connectivity index (χ3n) is 2.51. The minimum atomic E-state index is -0.582. The van der Waals surface area contributed by atoms with E-state index in [-0.39, 0.29) is 10.9 Å². The maximum absolute atomic E-state index is 11.6. The van der Waals surface area contributed by atoms with Crippen LogP contribution in [0.3, 0.4) is 0 Å². The van der Waals surface area contributed by atoms with Crippen LogP contribution in [0.5, 0.6) is 0 Å². The summed E-state index contributed by atoms with van der Waals surface area (Å²) in [7, 11) is 2.81. The molecule has 1 aromatic rings. The highest BCUT2D eigenvalue weighted by molar-refractivity contribution is 6.33. The Morgan fingerprint density at radius 1 is 1.56 bits per heavy atom. The van der Waals surface area contributed by atoms with Gasteiger partial charge in [-0.15, -0.1) is 0 Å². The normalized spacial score (nSPS) is 12.3. The van der Waals surface area contributed by atoms with Gasteiger partial charge in [0.25, 0.3) is 5.56 Å². The maximum Gasteiger partial charge on any atom is 0.328 e. The molecule has 0 bridgehead atoms. The molecular weight excluding hydrogens is 258 g/mol. The average molecular weight is 274 g/mol. The Bertz CT molecular complexity index is 499. The number of nitrogens with one attached hydrogen (secondary N) is 1. The zero-order valence-corrected chi connectivity index (χ0v) is 11.5. The summed E-state index contributed by atoms with van der Waals surface area (Å²) in [5.74, 6) is -0.431. The van der Waals surface area contributed by atoms with E-state index in [9.17, 15) is 9.59 Å². The fourth-order valence-electron chi connectivity index (χ4n) is 1.40. The van der Waals surface area contributed by atoms with Crippen molar-refractivity contribution in [1.29, 1.82) is 0 Å². The van der Waals surface area contributed by atoms with E-state index in [0.29, 0.717) is 5.69 Å². The van der Waals surface area contributed by atoms with Crippen molar-refractivity contribution in [3.05, 3.63) is 21.6 Å². The van der Waals surface area contributed by atoms with Crippen molar-refractivity contribution in [1.82, 2.24) is 9.78 Å². The van der Waals surface area contributed by atoms with Gasteiger partial charge in [-0.2, -0.15) is 5.10 Å². The molecule has 18 heavy (non-hydrogen) atoms. The van der Waals surface area contributed by atoms with Gasteiger partial charge in [-0.25, -0.2) is 9.48 Å². The summed E-state index contributed by atoms with van der Waals surface area (Å²) < 4.78 is 5.81. The van der Waals surface area contributed by atoms with Crippen LogP contribution < -0.4 is 10.9 Å². The molecule has 1 atom stereocenters. The SMILES string of the molecule is COC(=O)C(Nc1cnn(C)c(=O)c1Cl)C(C)C. The smallest absolute Gasteiger partial charge is 0.328 e. The molecule has 0 aliphatic rings. The van der Waals surface area contributed by atoms with Gasteiger partial charge in [0.1, 0.15) is 11.1 Å². The second-order valence-electron chi connectivity index (χ2n) is 4.19. The standard InChI is InChI=1S/C11H16ClN3O3/c1-6(2)9(11(17)18-4)14-7-5-13-15(3)10(16)8(7)12/h5-6,9,14H,1-4H3. The van der Waals surface area contributed by atoms with E-state index in [1.165, 1.54) is 20.4 Å². The van der Waals surface area contributed by atoms with Crippen LogP contribution >= 0.6 is 11.6 Å². The zero-order chi connectivity index (χ0) is 13.9. The summed E-state index contributed by atoms with van der Waals surface area (Å²) >= 11 is 5.91. The lowest BCUT2D eigenvalue weighted by atomic mass is 10.0. The van der Waals surface area contributed by atoms with E-state index < -0.39 is 17.6 Å². The van der Waals surface area contributed by atoms with Gasteiger partial charge in [-0.1, -0.05) is 25.4 Å². The Morgan fingerprint density at radius 2 is 2.17 bits per heavy atom. The Kier molecular flexibility index (Phi) is 4.72. The number of carbonyl (C=O) groups is 1. The summed E-state index contributed by atoms with van der Waals surface area (Å²) in [5, 5.41) is 6.73. The molecule has 0 saturated carbocycles. The molecular formula is C11H16ClN3O3. The van der Waals surface area contributed by atoms with Gasteiger partial charge in [0, 0.05) is 7.05 Å². The van der Waals surface area contributed by atoms with Crippen LogP contribution in [0.1, 0.15) is 13.8 Å². The summed E-state index contributed by atoms with van der Waals surface area (Å²) in [6.45, 7) is 3.72. The molecule has 1 rings (SSSR count). The summed E-state index contributed by atoms with van der Waals surface area (Å²) in [6, 6.07) is -0.582. The van der Waals surface area contributed by atoms with Gasteiger partial charge in [-0.05, 0) is 5.92 Å². The van der Waals surface area contributed by atoms with Crippen LogP contribution in [0, 0.1) is 5.92 Å². The number of halogens is 1. The first-order valence-electron chi connectivity index (χ1n) is 5.44. The van der Waals surface area contributed by atoms with Crippen molar-refractivity contribution in [3.8, 4) is 0 Å². The molecule has 1 N–H and O–H groups in total. The van der Waals surface area contributed by atoms with Crippen molar-refractivity contribution in [2.45, 2.75) is 19.9 Å². The second-order valence-corrected chi connectivity index (χ2v) is 4.57. The van der Waals surface area contributed by atoms with Gasteiger partial charge in [0.15, 0.2) is 0 Å². The van der Waals surface area contributed by atoms with Gasteiger partial charge >= 0.3 is 5.97 Å². The van der Waals surface area contributed by atoms with E-state index >= 15 is 0 Å². The minimum Gasteiger partial charge on any atom is -0.467 e. The molecule has 0 spiro atoms. The first-order valence-corrected chi connectivity index (χ1v) is 5.82. The van der Waals surface area contributed by atoms with Gasteiger partial charge in [0.2, 0.25) is 0 Å². The number of esters is 1. The third kappa shape index (κ3) is 3.01. The maximum atomic E-state index is 11.6. The average Bonchev–Trinajstić information content (AvgIpc) is 2.34. The molecule has 7 heteroatoms. The lowest BCUT2D eigenvalue weighted by Crippen LogP contribution is -2.36. The van der Waals surface area contributed by atoms with E-state index in [0.717, 1.165) is 4.68 Å². The highest BCUT2D eigenvalue weighted by Gasteiger charge is 2.24. The third-order valence-corrected chi connectivity index (χ3v) is 2.88. The number of methoxy groups -OCH3 is 1. The van der Waals surface area contributed by atoms with Gasteiger partial charge < -0.3 is 10.1 Å². The molecule has 1 unspecified atom stereocenters. The van der Waals surface area contributed by atoms with Crippen LogP contribution in [0.15, 0.2) is 11.0 Å². The Balaban J connectivity index is 3.06.